The van der Waals surface area contributed by atoms with Gasteiger partial charge < -0.3 is 20.9 Å². The molecule has 3 aromatic rings. The molecule has 0 aliphatic rings. The summed E-state index contributed by atoms with van der Waals surface area (Å²) in [4.78, 5) is 0. The van der Waals surface area contributed by atoms with Crippen LogP contribution in [0.15, 0.2) is 78.9 Å². The van der Waals surface area contributed by atoms with Gasteiger partial charge in [0.2, 0.25) is 0 Å². The van der Waals surface area contributed by atoms with E-state index in [1.54, 1.807) is 0 Å². The minimum absolute atomic E-state index is 0. The van der Waals surface area contributed by atoms with Crippen LogP contribution in [-0.4, -0.2) is 6.54 Å². The molecule has 0 heterocycles. The van der Waals surface area contributed by atoms with Crippen molar-refractivity contribution in [2.75, 3.05) is 6.54 Å². The van der Waals surface area contributed by atoms with Crippen LogP contribution < -0.4 is 20.9 Å². The highest BCUT2D eigenvalue weighted by atomic mass is 35.5. The molecule has 1 atom stereocenters. The predicted molar refractivity (Wildman–Crippen MR) is 103 cm³/mol. The van der Waals surface area contributed by atoms with Gasteiger partial charge in [0.15, 0.2) is 11.5 Å². The Balaban J connectivity index is 0.00000225. The van der Waals surface area contributed by atoms with E-state index in [1.165, 1.54) is 0 Å². The van der Waals surface area contributed by atoms with E-state index in [1.807, 2.05) is 78.9 Å². The summed E-state index contributed by atoms with van der Waals surface area (Å²) in [6.07, 6.45) is 0. The average Bonchev–Trinajstić information content (AvgIpc) is 2.64. The Labute approximate surface area is 153 Å². The number of ether oxygens (including phenoxy) is 2. The monoisotopic (exact) mass is 356 g/mol. The summed E-state index contributed by atoms with van der Waals surface area (Å²) < 4.78 is 11.9. The lowest BCUT2D eigenvalue weighted by Crippen LogP contribution is -2.20. The second-order valence-electron chi connectivity index (χ2n) is 5.38. The summed E-state index contributed by atoms with van der Waals surface area (Å²) in [7, 11) is 0. The molecule has 4 N–H and O–H groups in total. The zero-order valence-corrected chi connectivity index (χ0v) is 14.5. The van der Waals surface area contributed by atoms with E-state index in [0.717, 1.165) is 17.1 Å². The van der Waals surface area contributed by atoms with Gasteiger partial charge in [0.05, 0.1) is 0 Å². The molecular weight excluding hydrogens is 336 g/mol. The van der Waals surface area contributed by atoms with Gasteiger partial charge in [-0.2, -0.15) is 0 Å². The van der Waals surface area contributed by atoms with Gasteiger partial charge >= 0.3 is 0 Å². The zero-order valence-electron chi connectivity index (χ0n) is 13.7. The van der Waals surface area contributed by atoms with Crippen LogP contribution in [0.25, 0.3) is 0 Å². The maximum atomic E-state index is 6.04. The van der Waals surface area contributed by atoms with Crippen LogP contribution in [-0.2, 0) is 0 Å². The molecule has 0 aliphatic heterocycles. The van der Waals surface area contributed by atoms with Gasteiger partial charge in [0, 0.05) is 12.6 Å². The molecule has 0 aromatic heterocycles. The van der Waals surface area contributed by atoms with Crippen LogP contribution in [0.3, 0.4) is 0 Å². The highest BCUT2D eigenvalue weighted by Gasteiger charge is 2.12. The van der Waals surface area contributed by atoms with Crippen molar-refractivity contribution in [1.29, 1.82) is 0 Å². The number of halogens is 1. The Morgan fingerprint density at radius 2 is 1.24 bits per heavy atom. The van der Waals surface area contributed by atoms with E-state index < -0.39 is 0 Å². The Morgan fingerprint density at radius 1 is 0.720 bits per heavy atom. The fraction of sp³-hybridized carbons (Fsp3) is 0.100. The molecule has 0 saturated carbocycles. The summed E-state index contributed by atoms with van der Waals surface area (Å²) in [5.41, 5.74) is 12.6. The Bertz CT molecular complexity index is 782. The second-order valence-corrected chi connectivity index (χ2v) is 5.38. The molecule has 130 valence electrons. The van der Waals surface area contributed by atoms with E-state index in [2.05, 4.69) is 0 Å². The molecule has 3 aromatic carbocycles. The van der Waals surface area contributed by atoms with Crippen LogP contribution >= 0.6 is 12.4 Å². The van der Waals surface area contributed by atoms with Crippen molar-refractivity contribution in [2.24, 2.45) is 11.5 Å². The SMILES string of the molecule is Cl.NC[C@@H](N)c1ccc(Oc2ccccc2)c(Oc2ccccc2)c1. The summed E-state index contributed by atoms with van der Waals surface area (Å²) in [6, 6.07) is 24.5. The van der Waals surface area contributed by atoms with Crippen molar-refractivity contribution in [3.8, 4) is 23.0 Å². The molecule has 0 fully saturated rings. The predicted octanol–water partition coefficient (Wildman–Crippen LogP) is 4.65. The summed E-state index contributed by atoms with van der Waals surface area (Å²) >= 11 is 0. The van der Waals surface area contributed by atoms with Crippen LogP contribution in [0.1, 0.15) is 11.6 Å². The number of nitrogens with two attached hydrogens (primary N) is 2. The normalized spacial score (nSPS) is 11.3. The Hall–Kier alpha value is -2.53. The van der Waals surface area contributed by atoms with Crippen molar-refractivity contribution in [2.45, 2.75) is 6.04 Å². The zero-order chi connectivity index (χ0) is 16.8. The first-order valence-corrected chi connectivity index (χ1v) is 7.81. The number of hydrogen-bond acceptors (Lipinski definition) is 4. The lowest BCUT2D eigenvalue weighted by atomic mass is 10.1. The molecule has 4 nitrogen and oxygen atoms in total. The molecule has 0 saturated heterocycles. The first kappa shape index (κ1) is 18.8. The largest absolute Gasteiger partial charge is 0.453 e. The van der Waals surface area contributed by atoms with E-state index >= 15 is 0 Å². The smallest absolute Gasteiger partial charge is 0.170 e. The van der Waals surface area contributed by atoms with Crippen molar-refractivity contribution in [1.82, 2.24) is 0 Å². The number of para-hydroxylation sites is 2. The average molecular weight is 357 g/mol. The second kappa shape index (κ2) is 9.08. The van der Waals surface area contributed by atoms with Crippen molar-refractivity contribution in [3.63, 3.8) is 0 Å². The maximum Gasteiger partial charge on any atom is 0.170 e. The quantitative estimate of drug-likeness (QED) is 0.674. The van der Waals surface area contributed by atoms with Crippen molar-refractivity contribution < 1.29 is 9.47 Å². The lowest BCUT2D eigenvalue weighted by Gasteiger charge is -2.16. The molecule has 0 radical (unpaired) electrons. The minimum Gasteiger partial charge on any atom is -0.453 e. The highest BCUT2D eigenvalue weighted by Crippen LogP contribution is 2.36. The topological polar surface area (TPSA) is 70.5 Å². The molecular formula is C20H21ClN2O2. The van der Waals surface area contributed by atoms with Gasteiger partial charge in [0.1, 0.15) is 11.5 Å². The van der Waals surface area contributed by atoms with E-state index in [-0.39, 0.29) is 18.4 Å². The number of benzene rings is 3. The first-order chi connectivity index (χ1) is 11.8. The van der Waals surface area contributed by atoms with Gasteiger partial charge in [-0.25, -0.2) is 0 Å². The lowest BCUT2D eigenvalue weighted by molar-refractivity contribution is 0.417. The van der Waals surface area contributed by atoms with Crippen molar-refractivity contribution in [3.05, 3.63) is 84.4 Å². The molecule has 3 rings (SSSR count). The third kappa shape index (κ3) is 4.97. The molecule has 0 unspecified atom stereocenters. The van der Waals surface area contributed by atoms with Gasteiger partial charge in [-0.1, -0.05) is 42.5 Å². The third-order valence-electron chi connectivity index (χ3n) is 3.59. The Morgan fingerprint density at radius 3 is 1.76 bits per heavy atom. The Kier molecular flexibility index (Phi) is 6.83. The van der Waals surface area contributed by atoms with Gasteiger partial charge in [0.25, 0.3) is 0 Å². The van der Waals surface area contributed by atoms with Gasteiger partial charge in [-0.15, -0.1) is 12.4 Å². The number of rotatable bonds is 6. The standard InChI is InChI=1S/C20H20N2O2.ClH/c21-14-18(22)15-11-12-19(23-16-7-3-1-4-8-16)20(13-15)24-17-9-5-2-6-10-17;/h1-13,18H,14,21-22H2;1H/t18-;/m1./s1. The van der Waals surface area contributed by atoms with E-state index in [0.29, 0.717) is 18.0 Å². The van der Waals surface area contributed by atoms with E-state index in [9.17, 15) is 0 Å². The molecule has 25 heavy (non-hydrogen) atoms. The molecule has 0 spiro atoms. The van der Waals surface area contributed by atoms with Crippen LogP contribution in [0, 0.1) is 0 Å². The summed E-state index contributed by atoms with van der Waals surface area (Å²) in [5, 5.41) is 0. The minimum atomic E-state index is -0.242. The highest BCUT2D eigenvalue weighted by molar-refractivity contribution is 5.85. The van der Waals surface area contributed by atoms with Crippen LogP contribution in [0.4, 0.5) is 0 Å². The van der Waals surface area contributed by atoms with E-state index in [4.69, 9.17) is 20.9 Å². The van der Waals surface area contributed by atoms with Gasteiger partial charge in [-0.05, 0) is 42.0 Å². The van der Waals surface area contributed by atoms with Crippen molar-refractivity contribution >= 4 is 12.4 Å². The summed E-state index contributed by atoms with van der Waals surface area (Å²) in [5.74, 6) is 2.70. The fourth-order valence-electron chi connectivity index (χ4n) is 2.29. The number of hydrogen-bond donors (Lipinski definition) is 2. The van der Waals surface area contributed by atoms with Crippen LogP contribution in [0.2, 0.25) is 0 Å². The molecule has 0 bridgehead atoms. The summed E-state index contributed by atoms with van der Waals surface area (Å²) in [6.45, 7) is 0.365. The van der Waals surface area contributed by atoms with Gasteiger partial charge in [-0.3, -0.25) is 0 Å². The molecule has 0 aliphatic carbocycles. The first-order valence-electron chi connectivity index (χ1n) is 7.81. The molecule has 5 heteroatoms. The fourth-order valence-corrected chi connectivity index (χ4v) is 2.29. The van der Waals surface area contributed by atoms with Crippen LogP contribution in [0.5, 0.6) is 23.0 Å². The third-order valence-corrected chi connectivity index (χ3v) is 3.59. The molecule has 0 amide bonds. The maximum absolute atomic E-state index is 6.04.